The number of hydrogen-bond donors (Lipinski definition) is 1. The molecule has 1 N–H and O–H groups in total. The summed E-state index contributed by atoms with van der Waals surface area (Å²) in [6.45, 7) is 9.18. The van der Waals surface area contributed by atoms with Gasteiger partial charge < -0.3 is 5.32 Å². The largest absolute Gasteiger partial charge is 0.311 e. The van der Waals surface area contributed by atoms with Crippen LogP contribution in [0.2, 0.25) is 0 Å². The number of nitrogens with zero attached hydrogens (tertiary/aromatic N) is 2. The average molecular weight is 258 g/mol. The summed E-state index contributed by atoms with van der Waals surface area (Å²) >= 11 is 5.90. The van der Waals surface area contributed by atoms with Gasteiger partial charge in [0, 0.05) is 18.5 Å². The molecule has 3 nitrogen and oxygen atoms in total. The standard InChI is InChI=1S/C13H24ClN3/c1-4-12-9-13(17(5-2)16-12)10-15-8-6-7-11(3)14/h9,11,15H,4-8,10H2,1-3H3. The summed E-state index contributed by atoms with van der Waals surface area (Å²) in [6, 6.07) is 2.20. The number of rotatable bonds is 8. The minimum absolute atomic E-state index is 0.282. The third-order valence-electron chi connectivity index (χ3n) is 2.84. The quantitative estimate of drug-likeness (QED) is 0.573. The molecule has 0 bridgehead atoms. The van der Waals surface area contributed by atoms with E-state index in [0.717, 1.165) is 38.9 Å². The van der Waals surface area contributed by atoms with Gasteiger partial charge in [-0.05, 0) is 45.7 Å². The second-order valence-electron chi connectivity index (χ2n) is 4.40. The van der Waals surface area contributed by atoms with Crippen LogP contribution in [0.3, 0.4) is 0 Å². The van der Waals surface area contributed by atoms with Crippen LogP contribution in [-0.2, 0) is 19.5 Å². The first-order valence-electron chi connectivity index (χ1n) is 6.57. The fourth-order valence-corrected chi connectivity index (χ4v) is 1.98. The van der Waals surface area contributed by atoms with Gasteiger partial charge >= 0.3 is 0 Å². The van der Waals surface area contributed by atoms with Crippen molar-refractivity contribution in [1.82, 2.24) is 15.1 Å². The van der Waals surface area contributed by atoms with Crippen molar-refractivity contribution in [3.8, 4) is 0 Å². The van der Waals surface area contributed by atoms with Gasteiger partial charge in [0.05, 0.1) is 11.4 Å². The zero-order valence-electron chi connectivity index (χ0n) is 11.2. The maximum Gasteiger partial charge on any atom is 0.0625 e. The zero-order chi connectivity index (χ0) is 12.7. The van der Waals surface area contributed by atoms with Crippen molar-refractivity contribution < 1.29 is 0 Å². The Balaban J connectivity index is 2.32. The van der Waals surface area contributed by atoms with Crippen molar-refractivity contribution in [3.05, 3.63) is 17.5 Å². The normalized spacial score (nSPS) is 12.9. The van der Waals surface area contributed by atoms with Crippen LogP contribution < -0.4 is 5.32 Å². The van der Waals surface area contributed by atoms with E-state index >= 15 is 0 Å². The Morgan fingerprint density at radius 1 is 1.47 bits per heavy atom. The van der Waals surface area contributed by atoms with E-state index < -0.39 is 0 Å². The van der Waals surface area contributed by atoms with Gasteiger partial charge in [-0.1, -0.05) is 6.92 Å². The lowest BCUT2D eigenvalue weighted by Crippen LogP contribution is -2.18. The molecule has 98 valence electrons. The Hall–Kier alpha value is -0.540. The predicted octanol–water partition coefficient (Wildman–Crippen LogP) is 2.96. The molecule has 0 spiro atoms. The molecule has 1 heterocycles. The molecule has 0 amide bonds. The summed E-state index contributed by atoms with van der Waals surface area (Å²) < 4.78 is 2.08. The highest BCUT2D eigenvalue weighted by Crippen LogP contribution is 2.06. The highest BCUT2D eigenvalue weighted by atomic mass is 35.5. The van der Waals surface area contributed by atoms with Gasteiger partial charge in [0.1, 0.15) is 0 Å². The van der Waals surface area contributed by atoms with Crippen LogP contribution in [0.25, 0.3) is 0 Å². The second kappa shape index (κ2) is 7.72. The molecule has 0 fully saturated rings. The van der Waals surface area contributed by atoms with E-state index in [1.165, 1.54) is 11.4 Å². The number of alkyl halides is 1. The number of nitrogens with one attached hydrogen (secondary N) is 1. The van der Waals surface area contributed by atoms with Crippen molar-refractivity contribution >= 4 is 11.6 Å². The molecule has 0 aliphatic heterocycles. The van der Waals surface area contributed by atoms with Crippen molar-refractivity contribution in [1.29, 1.82) is 0 Å². The first-order chi connectivity index (χ1) is 8.17. The molecule has 0 saturated heterocycles. The highest BCUT2D eigenvalue weighted by Gasteiger charge is 2.04. The van der Waals surface area contributed by atoms with Gasteiger partial charge in [0.15, 0.2) is 0 Å². The second-order valence-corrected chi connectivity index (χ2v) is 5.14. The molecule has 1 rings (SSSR count). The molecule has 0 saturated carbocycles. The zero-order valence-corrected chi connectivity index (χ0v) is 11.9. The van der Waals surface area contributed by atoms with Crippen LogP contribution in [0, 0.1) is 0 Å². The lowest BCUT2D eigenvalue weighted by molar-refractivity contribution is 0.562. The fraction of sp³-hybridized carbons (Fsp3) is 0.769. The molecule has 4 heteroatoms. The molecule has 0 aliphatic carbocycles. The topological polar surface area (TPSA) is 29.9 Å². The van der Waals surface area contributed by atoms with E-state index in [9.17, 15) is 0 Å². The third-order valence-corrected chi connectivity index (χ3v) is 3.06. The Kier molecular flexibility index (Phi) is 6.60. The number of aromatic nitrogens is 2. The maximum absolute atomic E-state index is 5.90. The van der Waals surface area contributed by atoms with E-state index in [1.54, 1.807) is 0 Å². The van der Waals surface area contributed by atoms with Crippen molar-refractivity contribution in [3.63, 3.8) is 0 Å². The van der Waals surface area contributed by atoms with Crippen LogP contribution >= 0.6 is 11.6 Å². The van der Waals surface area contributed by atoms with Crippen molar-refractivity contribution in [2.75, 3.05) is 6.54 Å². The van der Waals surface area contributed by atoms with E-state index in [1.807, 2.05) is 6.92 Å². The van der Waals surface area contributed by atoms with Crippen molar-refractivity contribution in [2.24, 2.45) is 0 Å². The summed E-state index contributed by atoms with van der Waals surface area (Å²) in [5.41, 5.74) is 2.46. The van der Waals surface area contributed by atoms with Crippen molar-refractivity contribution in [2.45, 2.75) is 58.5 Å². The number of aryl methyl sites for hydroxylation is 2. The SMILES string of the molecule is CCc1cc(CNCCCC(C)Cl)n(CC)n1. The van der Waals surface area contributed by atoms with Gasteiger partial charge in [0.25, 0.3) is 0 Å². The lowest BCUT2D eigenvalue weighted by atomic mass is 10.2. The molecule has 0 aliphatic rings. The molecular formula is C13H24ClN3. The third kappa shape index (κ3) is 5.09. The molecule has 17 heavy (non-hydrogen) atoms. The van der Waals surface area contributed by atoms with Crippen LogP contribution in [0.5, 0.6) is 0 Å². The predicted molar refractivity (Wildman–Crippen MR) is 73.5 cm³/mol. The molecule has 1 atom stereocenters. The Morgan fingerprint density at radius 3 is 2.82 bits per heavy atom. The van der Waals surface area contributed by atoms with E-state index in [-0.39, 0.29) is 5.38 Å². The van der Waals surface area contributed by atoms with Crippen LogP contribution in [0.1, 0.15) is 45.0 Å². The monoisotopic (exact) mass is 257 g/mol. The number of halogens is 1. The highest BCUT2D eigenvalue weighted by molar-refractivity contribution is 6.20. The smallest absolute Gasteiger partial charge is 0.0625 e. The molecule has 0 aromatic carbocycles. The molecule has 1 aromatic heterocycles. The van der Waals surface area contributed by atoms with E-state index in [2.05, 4.69) is 35.0 Å². The minimum Gasteiger partial charge on any atom is -0.311 e. The fourth-order valence-electron chi connectivity index (χ4n) is 1.83. The molecule has 1 unspecified atom stereocenters. The van der Waals surface area contributed by atoms with Gasteiger partial charge in [-0.15, -0.1) is 11.6 Å². The summed E-state index contributed by atoms with van der Waals surface area (Å²) in [6.07, 6.45) is 3.21. The Labute approximate surface area is 110 Å². The average Bonchev–Trinajstić information content (AvgIpc) is 2.70. The summed E-state index contributed by atoms with van der Waals surface area (Å²) in [5.74, 6) is 0. The summed E-state index contributed by atoms with van der Waals surface area (Å²) in [7, 11) is 0. The van der Waals surface area contributed by atoms with Gasteiger partial charge in [0.2, 0.25) is 0 Å². The van der Waals surface area contributed by atoms with Gasteiger partial charge in [-0.3, -0.25) is 4.68 Å². The Morgan fingerprint density at radius 2 is 2.24 bits per heavy atom. The van der Waals surface area contributed by atoms with E-state index in [0.29, 0.717) is 0 Å². The van der Waals surface area contributed by atoms with Gasteiger partial charge in [-0.2, -0.15) is 5.10 Å². The molecular weight excluding hydrogens is 234 g/mol. The molecule has 1 aromatic rings. The first kappa shape index (κ1) is 14.5. The maximum atomic E-state index is 5.90. The van der Waals surface area contributed by atoms with Gasteiger partial charge in [-0.25, -0.2) is 0 Å². The van der Waals surface area contributed by atoms with Crippen LogP contribution in [0.15, 0.2) is 6.07 Å². The summed E-state index contributed by atoms with van der Waals surface area (Å²) in [5, 5.41) is 8.26. The van der Waals surface area contributed by atoms with Crippen LogP contribution in [-0.4, -0.2) is 21.7 Å². The first-order valence-corrected chi connectivity index (χ1v) is 7.01. The Bertz CT molecular complexity index is 320. The number of hydrogen-bond acceptors (Lipinski definition) is 2. The molecule has 0 radical (unpaired) electrons. The summed E-state index contributed by atoms with van der Waals surface area (Å²) in [4.78, 5) is 0. The van der Waals surface area contributed by atoms with E-state index in [4.69, 9.17) is 11.6 Å². The minimum atomic E-state index is 0.282. The van der Waals surface area contributed by atoms with Crippen LogP contribution in [0.4, 0.5) is 0 Å². The lowest BCUT2D eigenvalue weighted by Gasteiger charge is -2.07.